The highest BCUT2D eigenvalue weighted by Gasteiger charge is 2.26. The zero-order valence-electron chi connectivity index (χ0n) is 11.6. The molecular formula is C13H16FIN2O3. The van der Waals surface area contributed by atoms with Crippen LogP contribution in [-0.2, 0) is 4.79 Å². The molecule has 0 aromatic heterocycles. The van der Waals surface area contributed by atoms with Crippen LogP contribution in [0.1, 0.15) is 29.8 Å². The first-order chi connectivity index (χ1) is 9.22. The second-order valence-electron chi connectivity index (χ2n) is 4.54. The highest BCUT2D eigenvalue weighted by Crippen LogP contribution is 2.37. The number of nitrogens with two attached hydrogens (primary N) is 1. The van der Waals surface area contributed by atoms with E-state index in [4.69, 9.17) is 10.5 Å². The second-order valence-corrected chi connectivity index (χ2v) is 5.62. The molecule has 0 spiro atoms. The van der Waals surface area contributed by atoms with Crippen molar-refractivity contribution >= 4 is 40.1 Å². The third-order valence-corrected chi connectivity index (χ3v) is 4.08. The van der Waals surface area contributed by atoms with E-state index in [2.05, 4.69) is 5.32 Å². The number of carbonyl (C=O) groups is 2. The van der Waals surface area contributed by atoms with Crippen LogP contribution in [-0.4, -0.2) is 18.9 Å². The van der Waals surface area contributed by atoms with Crippen LogP contribution in [0.5, 0.6) is 5.75 Å². The van der Waals surface area contributed by atoms with Crippen LogP contribution < -0.4 is 15.8 Å². The Hall–Kier alpha value is -1.38. The van der Waals surface area contributed by atoms with Gasteiger partial charge in [-0.25, -0.2) is 4.39 Å². The fourth-order valence-electron chi connectivity index (χ4n) is 1.67. The van der Waals surface area contributed by atoms with Gasteiger partial charge in [-0.05, 0) is 35.1 Å². The molecule has 2 amide bonds. The topological polar surface area (TPSA) is 81.4 Å². The molecule has 0 fully saturated rings. The van der Waals surface area contributed by atoms with E-state index < -0.39 is 11.7 Å². The van der Waals surface area contributed by atoms with Gasteiger partial charge in [0, 0.05) is 5.92 Å². The molecule has 7 heteroatoms. The number of methoxy groups -OCH3 is 1. The van der Waals surface area contributed by atoms with Gasteiger partial charge < -0.3 is 15.8 Å². The Morgan fingerprint density at radius 1 is 1.40 bits per heavy atom. The van der Waals surface area contributed by atoms with Crippen LogP contribution in [0.25, 0.3) is 0 Å². The van der Waals surface area contributed by atoms with Crippen LogP contribution in [0.2, 0.25) is 0 Å². The lowest BCUT2D eigenvalue weighted by Gasteiger charge is -2.18. The first kappa shape index (κ1) is 16.7. The maximum atomic E-state index is 14.2. The van der Waals surface area contributed by atoms with Crippen molar-refractivity contribution < 1.29 is 18.7 Å². The molecule has 0 aliphatic heterocycles. The highest BCUT2D eigenvalue weighted by atomic mass is 127. The van der Waals surface area contributed by atoms with Gasteiger partial charge in [-0.1, -0.05) is 13.8 Å². The molecule has 110 valence electrons. The molecule has 0 saturated heterocycles. The van der Waals surface area contributed by atoms with Crippen molar-refractivity contribution in [3.63, 3.8) is 0 Å². The normalized spacial score (nSPS) is 10.6. The molecule has 0 saturated carbocycles. The zero-order chi connectivity index (χ0) is 15.6. The summed E-state index contributed by atoms with van der Waals surface area (Å²) in [6.07, 6.45) is 0. The van der Waals surface area contributed by atoms with Gasteiger partial charge in [0.15, 0.2) is 11.6 Å². The first-order valence-electron chi connectivity index (χ1n) is 5.88. The summed E-state index contributed by atoms with van der Waals surface area (Å²) in [5.74, 6) is -2.26. The third kappa shape index (κ3) is 3.02. The summed E-state index contributed by atoms with van der Waals surface area (Å²) in [6.45, 7) is 4.93. The van der Waals surface area contributed by atoms with Gasteiger partial charge in [0.25, 0.3) is 5.91 Å². The summed E-state index contributed by atoms with van der Waals surface area (Å²) >= 11 is 1.77. The maximum Gasteiger partial charge on any atom is 0.251 e. The molecule has 0 aliphatic carbocycles. The van der Waals surface area contributed by atoms with Crippen molar-refractivity contribution in [2.24, 2.45) is 11.7 Å². The molecule has 1 rings (SSSR count). The fourth-order valence-corrected chi connectivity index (χ4v) is 2.19. The van der Waals surface area contributed by atoms with E-state index in [9.17, 15) is 14.0 Å². The van der Waals surface area contributed by atoms with Crippen LogP contribution in [0, 0.1) is 22.2 Å². The summed E-state index contributed by atoms with van der Waals surface area (Å²) in [5.41, 5.74) is 5.75. The molecule has 5 nitrogen and oxygen atoms in total. The molecule has 0 unspecified atom stereocenters. The Balaban J connectivity index is 3.60. The molecule has 0 bridgehead atoms. The maximum absolute atomic E-state index is 14.2. The van der Waals surface area contributed by atoms with Gasteiger partial charge in [-0.2, -0.15) is 0 Å². The molecular weight excluding hydrogens is 378 g/mol. The van der Waals surface area contributed by atoms with Crippen LogP contribution in [0.4, 0.5) is 10.1 Å². The number of ether oxygens (including phenoxy) is 1. The molecule has 20 heavy (non-hydrogen) atoms. The Morgan fingerprint density at radius 2 is 1.95 bits per heavy atom. The van der Waals surface area contributed by atoms with E-state index in [1.807, 2.05) is 0 Å². The lowest BCUT2D eigenvalue weighted by Crippen LogP contribution is -2.24. The summed E-state index contributed by atoms with van der Waals surface area (Å²) in [7, 11) is 1.26. The van der Waals surface area contributed by atoms with Crippen molar-refractivity contribution in [1.82, 2.24) is 0 Å². The van der Waals surface area contributed by atoms with Gasteiger partial charge in [-0.3, -0.25) is 9.59 Å². The predicted molar refractivity (Wildman–Crippen MR) is 82.4 cm³/mol. The fraction of sp³-hybridized carbons (Fsp3) is 0.385. The lowest BCUT2D eigenvalue weighted by molar-refractivity contribution is -0.118. The minimum atomic E-state index is -0.752. The van der Waals surface area contributed by atoms with E-state index in [1.165, 1.54) is 7.11 Å². The summed E-state index contributed by atoms with van der Waals surface area (Å²) in [6, 6.07) is 0. The number of hydrogen-bond donors (Lipinski definition) is 2. The number of benzene rings is 1. The largest absolute Gasteiger partial charge is 0.492 e. The SMILES string of the molecule is COc1c(F)c(I)c(C)c(C(N)=O)c1NC(=O)C(C)C. The smallest absolute Gasteiger partial charge is 0.251 e. The Morgan fingerprint density at radius 3 is 2.35 bits per heavy atom. The average Bonchev–Trinajstić information content (AvgIpc) is 2.36. The number of rotatable bonds is 4. The van der Waals surface area contributed by atoms with Crippen molar-refractivity contribution in [1.29, 1.82) is 0 Å². The van der Waals surface area contributed by atoms with E-state index in [0.717, 1.165) is 0 Å². The number of nitrogens with one attached hydrogen (secondary N) is 1. The van der Waals surface area contributed by atoms with Gasteiger partial charge in [-0.15, -0.1) is 0 Å². The van der Waals surface area contributed by atoms with Gasteiger partial charge in [0.05, 0.1) is 21.9 Å². The summed E-state index contributed by atoms with van der Waals surface area (Å²) < 4.78 is 19.4. The number of primary amides is 1. The summed E-state index contributed by atoms with van der Waals surface area (Å²) in [4.78, 5) is 23.4. The van der Waals surface area contributed by atoms with Gasteiger partial charge >= 0.3 is 0 Å². The molecule has 1 aromatic carbocycles. The Kier molecular flexibility index (Phi) is 5.32. The molecule has 0 radical (unpaired) electrons. The third-order valence-electron chi connectivity index (χ3n) is 2.80. The Labute approximate surface area is 130 Å². The minimum absolute atomic E-state index is 0.0193. The number of anilines is 1. The highest BCUT2D eigenvalue weighted by molar-refractivity contribution is 14.1. The predicted octanol–water partition coefficient (Wildman–Crippen LogP) is 2.44. The van der Waals surface area contributed by atoms with Gasteiger partial charge in [0.1, 0.15) is 0 Å². The van der Waals surface area contributed by atoms with E-state index in [-0.39, 0.29) is 32.4 Å². The van der Waals surface area contributed by atoms with Gasteiger partial charge in [0.2, 0.25) is 5.91 Å². The van der Waals surface area contributed by atoms with E-state index in [1.54, 1.807) is 43.4 Å². The second kappa shape index (κ2) is 6.38. The number of halogens is 2. The van der Waals surface area contributed by atoms with E-state index >= 15 is 0 Å². The quantitative estimate of drug-likeness (QED) is 0.770. The van der Waals surface area contributed by atoms with Crippen LogP contribution in [0.3, 0.4) is 0 Å². The Bertz CT molecular complexity index is 573. The number of hydrogen-bond acceptors (Lipinski definition) is 3. The molecule has 3 N–H and O–H groups in total. The molecule has 0 atom stereocenters. The monoisotopic (exact) mass is 394 g/mol. The number of amides is 2. The van der Waals surface area contributed by atoms with Crippen molar-refractivity contribution in [2.45, 2.75) is 20.8 Å². The summed E-state index contributed by atoms with van der Waals surface area (Å²) in [5, 5.41) is 2.51. The standard InChI is InChI=1S/C13H16FIN2O3/c1-5(2)13(19)17-10-7(12(16)18)6(3)9(15)8(14)11(10)20-4/h5H,1-4H3,(H2,16,18)(H,17,19). The van der Waals surface area contributed by atoms with Crippen molar-refractivity contribution in [3.05, 3.63) is 20.5 Å². The minimum Gasteiger partial charge on any atom is -0.492 e. The molecule has 0 heterocycles. The van der Waals surface area contributed by atoms with Crippen molar-refractivity contribution in [3.8, 4) is 5.75 Å². The molecule has 0 aliphatic rings. The average molecular weight is 394 g/mol. The first-order valence-corrected chi connectivity index (χ1v) is 6.96. The zero-order valence-corrected chi connectivity index (χ0v) is 13.8. The van der Waals surface area contributed by atoms with Crippen molar-refractivity contribution in [2.75, 3.05) is 12.4 Å². The lowest BCUT2D eigenvalue weighted by atomic mass is 10.0. The van der Waals surface area contributed by atoms with E-state index in [0.29, 0.717) is 5.56 Å². The van der Waals surface area contributed by atoms with Crippen LogP contribution in [0.15, 0.2) is 0 Å². The number of carbonyl (C=O) groups excluding carboxylic acids is 2. The molecule has 1 aromatic rings. The van der Waals surface area contributed by atoms with Crippen LogP contribution >= 0.6 is 22.6 Å².